The van der Waals surface area contributed by atoms with E-state index in [1.807, 2.05) is 24.3 Å². The van der Waals surface area contributed by atoms with Crippen LogP contribution in [0.15, 0.2) is 48.5 Å². The third kappa shape index (κ3) is 3.47. The predicted molar refractivity (Wildman–Crippen MR) is 118 cm³/mol. The standard InChI is InChI=1S/C25H29N3O2/c1-30-23-14-8-5-9-18(23)16-28-22-13-7-6-12-21(22)26-25(28)19-15-24(29)27(17-19)20-10-3-2-4-11-20/h5-9,12-14,19-20H,2-4,10-11,15-17H2,1H3. The molecule has 1 unspecified atom stereocenters. The molecule has 5 heteroatoms. The predicted octanol–water partition coefficient (Wildman–Crippen LogP) is 4.74. The number of methoxy groups -OCH3 is 1. The van der Waals surface area contributed by atoms with Gasteiger partial charge >= 0.3 is 0 Å². The molecule has 0 radical (unpaired) electrons. The van der Waals surface area contributed by atoms with Crippen LogP contribution in [-0.4, -0.2) is 40.1 Å². The van der Waals surface area contributed by atoms with Gasteiger partial charge in [0.1, 0.15) is 11.6 Å². The molecule has 5 rings (SSSR count). The highest BCUT2D eigenvalue weighted by Gasteiger charge is 2.37. The fourth-order valence-electron chi connectivity index (χ4n) is 5.23. The van der Waals surface area contributed by atoms with Crippen molar-refractivity contribution >= 4 is 16.9 Å². The topological polar surface area (TPSA) is 47.4 Å². The van der Waals surface area contributed by atoms with Crippen LogP contribution in [0.4, 0.5) is 0 Å². The zero-order valence-corrected chi connectivity index (χ0v) is 17.6. The number of nitrogens with zero attached hydrogens (tertiary/aromatic N) is 3. The maximum absolute atomic E-state index is 12.9. The lowest BCUT2D eigenvalue weighted by atomic mass is 9.94. The zero-order valence-electron chi connectivity index (χ0n) is 17.6. The molecular formula is C25H29N3O2. The summed E-state index contributed by atoms with van der Waals surface area (Å²) in [7, 11) is 1.71. The first-order valence-corrected chi connectivity index (χ1v) is 11.1. The van der Waals surface area contributed by atoms with E-state index in [-0.39, 0.29) is 5.92 Å². The third-order valence-electron chi connectivity index (χ3n) is 6.74. The summed E-state index contributed by atoms with van der Waals surface area (Å²) >= 11 is 0. The first-order chi connectivity index (χ1) is 14.7. The van der Waals surface area contributed by atoms with E-state index >= 15 is 0 Å². The molecule has 1 amide bonds. The van der Waals surface area contributed by atoms with Gasteiger partial charge in [0.05, 0.1) is 24.7 Å². The van der Waals surface area contributed by atoms with Crippen LogP contribution in [0.3, 0.4) is 0 Å². The van der Waals surface area contributed by atoms with Crippen LogP contribution in [0.5, 0.6) is 5.75 Å². The van der Waals surface area contributed by atoms with E-state index < -0.39 is 0 Å². The smallest absolute Gasteiger partial charge is 0.223 e. The van der Waals surface area contributed by atoms with Gasteiger partial charge in [-0.15, -0.1) is 0 Å². The summed E-state index contributed by atoms with van der Waals surface area (Å²) in [6, 6.07) is 16.8. The fourth-order valence-corrected chi connectivity index (χ4v) is 5.23. The second-order valence-electron chi connectivity index (χ2n) is 8.60. The summed E-state index contributed by atoms with van der Waals surface area (Å²) in [5, 5.41) is 0. The van der Waals surface area contributed by atoms with Crippen LogP contribution < -0.4 is 4.74 Å². The van der Waals surface area contributed by atoms with Crippen LogP contribution in [0, 0.1) is 0 Å². The molecule has 1 aliphatic heterocycles. The quantitative estimate of drug-likeness (QED) is 0.618. The van der Waals surface area contributed by atoms with Crippen LogP contribution in [0.25, 0.3) is 11.0 Å². The second-order valence-corrected chi connectivity index (χ2v) is 8.60. The number of carbonyl (C=O) groups excluding carboxylic acids is 1. The number of hydrogen-bond donors (Lipinski definition) is 0. The van der Waals surface area contributed by atoms with Crippen LogP contribution in [-0.2, 0) is 11.3 Å². The minimum atomic E-state index is 0.140. The van der Waals surface area contributed by atoms with Crippen molar-refractivity contribution in [1.82, 2.24) is 14.5 Å². The van der Waals surface area contributed by atoms with Gasteiger partial charge in [0, 0.05) is 30.5 Å². The molecule has 2 aromatic carbocycles. The molecule has 0 bridgehead atoms. The summed E-state index contributed by atoms with van der Waals surface area (Å²) in [5.74, 6) is 2.34. The Morgan fingerprint density at radius 3 is 2.63 bits per heavy atom. The molecule has 156 valence electrons. The Labute approximate surface area is 177 Å². The molecular weight excluding hydrogens is 374 g/mol. The second kappa shape index (κ2) is 8.13. The first kappa shape index (κ1) is 19.2. The number of rotatable bonds is 5. The lowest BCUT2D eigenvalue weighted by Gasteiger charge is -2.31. The number of likely N-dealkylation sites (tertiary alicyclic amines) is 1. The number of hydrogen-bond acceptors (Lipinski definition) is 3. The van der Waals surface area contributed by atoms with Gasteiger partial charge in [-0.1, -0.05) is 49.6 Å². The van der Waals surface area contributed by atoms with E-state index in [2.05, 4.69) is 33.7 Å². The van der Waals surface area contributed by atoms with Crippen molar-refractivity contribution in [3.05, 3.63) is 59.9 Å². The molecule has 2 heterocycles. The lowest BCUT2D eigenvalue weighted by molar-refractivity contribution is -0.130. The van der Waals surface area contributed by atoms with E-state index in [1.165, 1.54) is 19.3 Å². The highest BCUT2D eigenvalue weighted by Crippen LogP contribution is 2.35. The molecule has 1 saturated carbocycles. The molecule has 0 spiro atoms. The first-order valence-electron chi connectivity index (χ1n) is 11.1. The van der Waals surface area contributed by atoms with Gasteiger partial charge in [0.2, 0.25) is 5.91 Å². The van der Waals surface area contributed by atoms with Gasteiger partial charge in [-0.25, -0.2) is 4.98 Å². The average molecular weight is 404 g/mol. The van der Waals surface area contributed by atoms with Crippen molar-refractivity contribution in [1.29, 1.82) is 0 Å². The molecule has 5 nitrogen and oxygen atoms in total. The Morgan fingerprint density at radius 1 is 1.03 bits per heavy atom. The zero-order chi connectivity index (χ0) is 20.5. The minimum absolute atomic E-state index is 0.140. The van der Waals surface area contributed by atoms with E-state index in [0.717, 1.165) is 47.6 Å². The lowest BCUT2D eigenvalue weighted by Crippen LogP contribution is -2.37. The van der Waals surface area contributed by atoms with Gasteiger partial charge in [-0.05, 0) is 31.0 Å². The Kier molecular flexibility index (Phi) is 5.19. The van der Waals surface area contributed by atoms with Gasteiger partial charge in [0.25, 0.3) is 0 Å². The van der Waals surface area contributed by atoms with Crippen LogP contribution in [0.2, 0.25) is 0 Å². The minimum Gasteiger partial charge on any atom is -0.496 e. The van der Waals surface area contributed by atoms with Crippen molar-refractivity contribution in [3.8, 4) is 5.75 Å². The van der Waals surface area contributed by atoms with E-state index in [0.29, 0.717) is 24.9 Å². The summed E-state index contributed by atoms with van der Waals surface area (Å²) in [6.45, 7) is 1.48. The molecule has 2 aliphatic rings. The maximum atomic E-state index is 12.9. The molecule has 1 saturated heterocycles. The SMILES string of the molecule is COc1ccccc1Cn1c(C2CC(=O)N(C3CCCCC3)C2)nc2ccccc21. The molecule has 30 heavy (non-hydrogen) atoms. The number of ether oxygens (including phenoxy) is 1. The van der Waals surface area contributed by atoms with Gasteiger partial charge in [0.15, 0.2) is 0 Å². The Hall–Kier alpha value is -2.82. The van der Waals surface area contributed by atoms with Gasteiger partial charge < -0.3 is 14.2 Å². The molecule has 0 N–H and O–H groups in total. The van der Waals surface area contributed by atoms with Crippen molar-refractivity contribution in [3.63, 3.8) is 0 Å². The maximum Gasteiger partial charge on any atom is 0.223 e. The summed E-state index contributed by atoms with van der Waals surface area (Å²) in [6.07, 6.45) is 6.64. The highest BCUT2D eigenvalue weighted by molar-refractivity contribution is 5.81. The van der Waals surface area contributed by atoms with E-state index in [4.69, 9.17) is 9.72 Å². The number of para-hydroxylation sites is 3. The van der Waals surface area contributed by atoms with E-state index in [9.17, 15) is 4.79 Å². The number of benzene rings is 2. The summed E-state index contributed by atoms with van der Waals surface area (Å²) in [4.78, 5) is 20.1. The highest BCUT2D eigenvalue weighted by atomic mass is 16.5. The number of aromatic nitrogens is 2. The van der Waals surface area contributed by atoms with Gasteiger partial charge in [-0.2, -0.15) is 0 Å². The van der Waals surface area contributed by atoms with Crippen LogP contribution in [0.1, 0.15) is 55.8 Å². The van der Waals surface area contributed by atoms with Crippen molar-refractivity contribution < 1.29 is 9.53 Å². The largest absolute Gasteiger partial charge is 0.496 e. The Morgan fingerprint density at radius 2 is 1.80 bits per heavy atom. The van der Waals surface area contributed by atoms with Crippen molar-refractivity contribution in [2.24, 2.45) is 0 Å². The number of carbonyl (C=O) groups is 1. The third-order valence-corrected chi connectivity index (χ3v) is 6.74. The number of amides is 1. The molecule has 1 aromatic heterocycles. The normalized spacial score (nSPS) is 20.2. The van der Waals surface area contributed by atoms with Gasteiger partial charge in [-0.3, -0.25) is 4.79 Å². The van der Waals surface area contributed by atoms with Crippen LogP contribution >= 0.6 is 0 Å². The fraction of sp³-hybridized carbons (Fsp3) is 0.440. The molecule has 1 aliphatic carbocycles. The Balaban J connectivity index is 1.50. The summed E-state index contributed by atoms with van der Waals surface area (Å²) in [5.41, 5.74) is 3.23. The monoisotopic (exact) mass is 403 g/mol. The number of imidazole rings is 1. The number of fused-ring (bicyclic) bond motifs is 1. The Bertz CT molecular complexity index is 1050. The molecule has 1 atom stereocenters. The van der Waals surface area contributed by atoms with Crippen molar-refractivity contribution in [2.75, 3.05) is 13.7 Å². The molecule has 3 aromatic rings. The average Bonchev–Trinajstić information content (AvgIpc) is 3.35. The molecule has 2 fully saturated rings. The summed E-state index contributed by atoms with van der Waals surface area (Å²) < 4.78 is 7.88. The van der Waals surface area contributed by atoms with E-state index in [1.54, 1.807) is 7.11 Å². The van der Waals surface area contributed by atoms with Crippen molar-refractivity contribution in [2.45, 2.75) is 57.0 Å².